The second kappa shape index (κ2) is 10.3. The zero-order chi connectivity index (χ0) is 22.3. The number of amides is 4. The highest BCUT2D eigenvalue weighted by atomic mass is 16.5. The molecule has 1 heterocycles. The van der Waals surface area contributed by atoms with Crippen LogP contribution in [0, 0.1) is 0 Å². The van der Waals surface area contributed by atoms with Crippen molar-refractivity contribution < 1.29 is 28.7 Å². The fraction of sp³-hybridized carbons (Fsp3) is 0.400. The summed E-state index contributed by atoms with van der Waals surface area (Å²) in [6.07, 6.45) is 0. The van der Waals surface area contributed by atoms with Gasteiger partial charge in [-0.3, -0.25) is 9.59 Å². The first-order valence-corrected chi connectivity index (χ1v) is 9.47. The largest absolute Gasteiger partial charge is 0.497 e. The number of benzene rings is 1. The van der Waals surface area contributed by atoms with Crippen molar-refractivity contribution in [2.45, 2.75) is 32.9 Å². The van der Waals surface area contributed by atoms with Crippen LogP contribution in [-0.2, 0) is 19.1 Å². The minimum atomic E-state index is -0.881. The van der Waals surface area contributed by atoms with Crippen molar-refractivity contribution in [3.8, 4) is 5.75 Å². The number of hydrogen-bond donors (Lipinski definition) is 4. The van der Waals surface area contributed by atoms with Gasteiger partial charge in [-0.2, -0.15) is 0 Å². The molecule has 2 rings (SSSR count). The van der Waals surface area contributed by atoms with Crippen LogP contribution in [-0.4, -0.2) is 50.1 Å². The first-order valence-electron chi connectivity index (χ1n) is 9.47. The van der Waals surface area contributed by atoms with Gasteiger partial charge in [0.25, 0.3) is 0 Å². The van der Waals surface area contributed by atoms with Gasteiger partial charge < -0.3 is 30.7 Å². The third-order valence-electron chi connectivity index (χ3n) is 4.15. The lowest BCUT2D eigenvalue weighted by atomic mass is 9.95. The molecule has 0 aliphatic carbocycles. The van der Waals surface area contributed by atoms with E-state index in [9.17, 15) is 19.2 Å². The molecular weight excluding hydrogens is 392 g/mol. The number of methoxy groups -OCH3 is 1. The van der Waals surface area contributed by atoms with Crippen LogP contribution in [0.3, 0.4) is 0 Å². The molecule has 1 aliphatic heterocycles. The Morgan fingerprint density at radius 2 is 1.80 bits per heavy atom. The van der Waals surface area contributed by atoms with Gasteiger partial charge in [-0.05, 0) is 38.5 Å². The minimum Gasteiger partial charge on any atom is -0.497 e. The number of hydrogen-bond acceptors (Lipinski definition) is 6. The van der Waals surface area contributed by atoms with Gasteiger partial charge >= 0.3 is 23.8 Å². The summed E-state index contributed by atoms with van der Waals surface area (Å²) in [6, 6.07) is 5.24. The van der Waals surface area contributed by atoms with Gasteiger partial charge in [0, 0.05) is 6.04 Å². The molecule has 0 saturated heterocycles. The molecule has 0 aromatic heterocycles. The molecule has 0 spiro atoms. The van der Waals surface area contributed by atoms with E-state index in [0.717, 1.165) is 0 Å². The Kier molecular flexibility index (Phi) is 7.79. The molecule has 1 aromatic rings. The lowest BCUT2D eigenvalue weighted by Gasteiger charge is -2.29. The topological polar surface area (TPSA) is 135 Å². The van der Waals surface area contributed by atoms with E-state index in [1.165, 1.54) is 7.11 Å². The standard InChI is InChI=1S/C20H26N4O6/c1-5-30-19(27)15-14(10-21-17(25)18(26)22-11(2)3)23-20(28)24-16(15)12-6-8-13(29-4)9-7-12/h6-9,11,16H,5,10H2,1-4H3,(H,21,25)(H,22,26)(H2,23,24,28). The normalized spacial score (nSPS) is 15.8. The average Bonchev–Trinajstić information content (AvgIpc) is 2.71. The monoisotopic (exact) mass is 418 g/mol. The molecule has 1 unspecified atom stereocenters. The molecule has 30 heavy (non-hydrogen) atoms. The summed E-state index contributed by atoms with van der Waals surface area (Å²) in [7, 11) is 1.53. The quantitative estimate of drug-likeness (QED) is 0.376. The van der Waals surface area contributed by atoms with E-state index >= 15 is 0 Å². The van der Waals surface area contributed by atoms with E-state index < -0.39 is 29.9 Å². The smallest absolute Gasteiger partial charge is 0.338 e. The molecule has 162 valence electrons. The lowest BCUT2D eigenvalue weighted by molar-refractivity contribution is -0.139. The fourth-order valence-corrected chi connectivity index (χ4v) is 2.83. The molecule has 1 aliphatic rings. The van der Waals surface area contributed by atoms with Crippen LogP contribution in [0.15, 0.2) is 35.5 Å². The van der Waals surface area contributed by atoms with E-state index in [1.54, 1.807) is 45.0 Å². The number of esters is 1. The second-order valence-corrected chi connectivity index (χ2v) is 6.73. The molecular formula is C20H26N4O6. The zero-order valence-electron chi connectivity index (χ0n) is 17.3. The molecule has 4 N–H and O–H groups in total. The maximum Gasteiger partial charge on any atom is 0.338 e. The number of urea groups is 1. The highest BCUT2D eigenvalue weighted by Crippen LogP contribution is 2.28. The Labute approximate surface area is 174 Å². The van der Waals surface area contributed by atoms with E-state index in [0.29, 0.717) is 11.3 Å². The maximum absolute atomic E-state index is 12.7. The van der Waals surface area contributed by atoms with Crippen LogP contribution in [0.1, 0.15) is 32.4 Å². The third kappa shape index (κ3) is 5.72. The lowest BCUT2D eigenvalue weighted by Crippen LogP contribution is -2.50. The van der Waals surface area contributed by atoms with Crippen molar-refractivity contribution in [3.63, 3.8) is 0 Å². The Hall–Kier alpha value is -3.56. The van der Waals surface area contributed by atoms with Gasteiger partial charge in [0.05, 0.1) is 37.6 Å². The van der Waals surface area contributed by atoms with Crippen LogP contribution in [0.25, 0.3) is 0 Å². The van der Waals surface area contributed by atoms with Crippen LogP contribution < -0.4 is 26.0 Å². The van der Waals surface area contributed by atoms with Crippen LogP contribution in [0.4, 0.5) is 4.79 Å². The second-order valence-electron chi connectivity index (χ2n) is 6.73. The summed E-state index contributed by atoms with van der Waals surface area (Å²) in [4.78, 5) is 48.7. The van der Waals surface area contributed by atoms with E-state index in [1.807, 2.05) is 0 Å². The van der Waals surface area contributed by atoms with E-state index in [4.69, 9.17) is 9.47 Å². The van der Waals surface area contributed by atoms with Crippen molar-refractivity contribution >= 4 is 23.8 Å². The first kappa shape index (κ1) is 22.7. The average molecular weight is 418 g/mol. The van der Waals surface area contributed by atoms with E-state index in [-0.39, 0.29) is 30.5 Å². The summed E-state index contributed by atoms with van der Waals surface area (Å²) in [5.41, 5.74) is 0.894. The molecule has 0 radical (unpaired) electrons. The maximum atomic E-state index is 12.7. The number of ether oxygens (including phenoxy) is 2. The predicted octanol–water partition coefficient (Wildman–Crippen LogP) is 0.507. The SMILES string of the molecule is CCOC(=O)C1=C(CNC(=O)C(=O)NC(C)C)NC(=O)NC1c1ccc(OC)cc1. The van der Waals surface area contributed by atoms with Crippen molar-refractivity contribution in [1.82, 2.24) is 21.3 Å². The number of carbonyl (C=O) groups is 4. The molecule has 0 fully saturated rings. The third-order valence-corrected chi connectivity index (χ3v) is 4.15. The van der Waals surface area contributed by atoms with Gasteiger partial charge in [0.2, 0.25) is 0 Å². The van der Waals surface area contributed by atoms with Crippen molar-refractivity contribution in [1.29, 1.82) is 0 Å². The highest BCUT2D eigenvalue weighted by Gasteiger charge is 2.34. The Morgan fingerprint density at radius 3 is 2.37 bits per heavy atom. The minimum absolute atomic E-state index is 0.127. The van der Waals surface area contributed by atoms with E-state index in [2.05, 4.69) is 21.3 Å². The van der Waals surface area contributed by atoms with Gasteiger partial charge in [0.15, 0.2) is 0 Å². The Morgan fingerprint density at radius 1 is 1.13 bits per heavy atom. The van der Waals surface area contributed by atoms with Crippen LogP contribution >= 0.6 is 0 Å². The van der Waals surface area contributed by atoms with Gasteiger partial charge in [-0.25, -0.2) is 9.59 Å². The summed E-state index contributed by atoms with van der Waals surface area (Å²) in [5.74, 6) is -1.73. The number of nitrogens with one attached hydrogen (secondary N) is 4. The summed E-state index contributed by atoms with van der Waals surface area (Å²) in [5, 5.41) is 10.1. The summed E-state index contributed by atoms with van der Waals surface area (Å²) >= 11 is 0. The van der Waals surface area contributed by atoms with Crippen LogP contribution in [0.5, 0.6) is 5.75 Å². The van der Waals surface area contributed by atoms with Gasteiger partial charge in [0.1, 0.15) is 5.75 Å². The summed E-state index contributed by atoms with van der Waals surface area (Å²) < 4.78 is 10.3. The number of rotatable bonds is 7. The Bertz CT molecular complexity index is 847. The van der Waals surface area contributed by atoms with Crippen LogP contribution in [0.2, 0.25) is 0 Å². The molecule has 10 nitrogen and oxygen atoms in total. The summed E-state index contributed by atoms with van der Waals surface area (Å²) in [6.45, 7) is 4.99. The van der Waals surface area contributed by atoms with Gasteiger partial charge in [-0.15, -0.1) is 0 Å². The molecule has 4 amide bonds. The van der Waals surface area contributed by atoms with Gasteiger partial charge in [-0.1, -0.05) is 12.1 Å². The molecule has 0 bridgehead atoms. The van der Waals surface area contributed by atoms with Crippen molar-refractivity contribution in [2.24, 2.45) is 0 Å². The fourth-order valence-electron chi connectivity index (χ4n) is 2.83. The molecule has 1 aromatic carbocycles. The Balaban J connectivity index is 2.34. The number of carbonyl (C=O) groups excluding carboxylic acids is 4. The van der Waals surface area contributed by atoms with Crippen molar-refractivity contribution in [3.05, 3.63) is 41.1 Å². The molecule has 0 saturated carbocycles. The van der Waals surface area contributed by atoms with Crippen molar-refractivity contribution in [2.75, 3.05) is 20.3 Å². The molecule has 10 heteroatoms. The first-order chi connectivity index (χ1) is 14.3. The highest BCUT2D eigenvalue weighted by molar-refractivity contribution is 6.35. The predicted molar refractivity (Wildman–Crippen MR) is 107 cm³/mol. The molecule has 1 atom stereocenters. The zero-order valence-corrected chi connectivity index (χ0v) is 17.3.